The van der Waals surface area contributed by atoms with Gasteiger partial charge in [0.1, 0.15) is 18.5 Å². The number of anilines is 3. The van der Waals surface area contributed by atoms with Crippen LogP contribution in [0.4, 0.5) is 17.2 Å². The number of fused-ring (bicyclic) bond motifs is 1. The van der Waals surface area contributed by atoms with Crippen molar-refractivity contribution in [3.05, 3.63) is 84.6 Å². The van der Waals surface area contributed by atoms with Crippen LogP contribution in [0.25, 0.3) is 11.0 Å². The summed E-state index contributed by atoms with van der Waals surface area (Å²) in [7, 11) is -2.23. The van der Waals surface area contributed by atoms with Crippen LogP contribution in [-0.2, 0) is 11.1 Å². The van der Waals surface area contributed by atoms with Crippen molar-refractivity contribution in [3.8, 4) is 0 Å². The average molecular weight is 402 g/mol. The third-order valence-corrected chi connectivity index (χ3v) is 6.19. The fraction of sp³-hybridized carbons (Fsp3) is 0.130. The summed E-state index contributed by atoms with van der Waals surface area (Å²) in [5.74, 6) is 0.768. The molecule has 146 valence electrons. The van der Waals surface area contributed by atoms with Gasteiger partial charge >= 0.3 is 0 Å². The molecule has 4 aromatic rings. The minimum Gasteiger partial charge on any atom is -0.366 e. The fourth-order valence-corrected chi connectivity index (χ4v) is 3.96. The molecule has 2 aromatic carbocycles. The molecule has 29 heavy (non-hydrogen) atoms. The number of pyridine rings is 2. The highest BCUT2D eigenvalue weighted by Crippen LogP contribution is 2.34. The Kier molecular flexibility index (Phi) is 5.32. The quantitative estimate of drug-likeness (QED) is 0.432. The maximum atomic E-state index is 12.2. The number of benzene rings is 2. The second-order valence-electron chi connectivity index (χ2n) is 7.29. The van der Waals surface area contributed by atoms with Crippen LogP contribution < -0.4 is 15.9 Å². The highest BCUT2D eigenvalue weighted by molar-refractivity contribution is 7.70. The van der Waals surface area contributed by atoms with Gasteiger partial charge in [0, 0.05) is 29.8 Å². The van der Waals surface area contributed by atoms with Crippen molar-refractivity contribution in [2.75, 3.05) is 24.0 Å². The van der Waals surface area contributed by atoms with E-state index in [9.17, 15) is 4.57 Å². The second-order valence-corrected chi connectivity index (χ2v) is 10.5. The molecule has 0 bridgehead atoms. The second kappa shape index (κ2) is 8.06. The summed E-state index contributed by atoms with van der Waals surface area (Å²) in [4.78, 5) is 9.18. The van der Waals surface area contributed by atoms with Crippen LogP contribution in [0.15, 0.2) is 79.0 Å². The predicted molar refractivity (Wildman–Crippen MR) is 122 cm³/mol. The van der Waals surface area contributed by atoms with E-state index in [0.717, 1.165) is 39.1 Å². The molecule has 5 nitrogen and oxygen atoms in total. The topological polar surface area (TPSA) is 66.9 Å². The Morgan fingerprint density at radius 1 is 0.931 bits per heavy atom. The molecule has 0 spiro atoms. The molecule has 2 N–H and O–H groups in total. The minimum atomic E-state index is -2.23. The van der Waals surface area contributed by atoms with Crippen LogP contribution in [-0.4, -0.2) is 23.3 Å². The van der Waals surface area contributed by atoms with E-state index in [0.29, 0.717) is 6.54 Å². The van der Waals surface area contributed by atoms with Crippen LogP contribution in [0.1, 0.15) is 5.56 Å². The molecule has 0 aliphatic rings. The summed E-state index contributed by atoms with van der Waals surface area (Å²) in [6.07, 6.45) is 1.77. The first-order valence-electron chi connectivity index (χ1n) is 9.45. The summed E-state index contributed by atoms with van der Waals surface area (Å²) in [5.41, 5.74) is 4.65. The number of para-hydroxylation sites is 1. The minimum absolute atomic E-state index is 0.627. The van der Waals surface area contributed by atoms with E-state index in [4.69, 9.17) is 4.98 Å². The maximum absolute atomic E-state index is 12.2. The Morgan fingerprint density at radius 2 is 1.69 bits per heavy atom. The van der Waals surface area contributed by atoms with Gasteiger partial charge in [-0.3, -0.25) is 4.98 Å². The van der Waals surface area contributed by atoms with Gasteiger partial charge in [-0.05, 0) is 43.2 Å². The molecule has 0 aliphatic heterocycles. The van der Waals surface area contributed by atoms with E-state index in [1.54, 1.807) is 19.5 Å². The highest BCUT2D eigenvalue weighted by atomic mass is 31.2. The zero-order chi connectivity index (χ0) is 20.3. The lowest BCUT2D eigenvalue weighted by atomic mass is 10.2. The van der Waals surface area contributed by atoms with Gasteiger partial charge in [0.05, 0.1) is 11.2 Å². The van der Waals surface area contributed by atoms with E-state index in [1.807, 2.05) is 72.8 Å². The maximum Gasteiger partial charge on any atom is 0.129 e. The van der Waals surface area contributed by atoms with Crippen molar-refractivity contribution in [1.82, 2.24) is 9.97 Å². The third kappa shape index (κ3) is 4.64. The van der Waals surface area contributed by atoms with E-state index >= 15 is 0 Å². The molecule has 4 rings (SSSR count). The predicted octanol–water partition coefficient (Wildman–Crippen LogP) is 5.23. The Balaban J connectivity index is 1.58. The Hall–Kier alpha value is -3.17. The molecule has 2 aromatic heterocycles. The number of hydrogen-bond acceptors (Lipinski definition) is 5. The van der Waals surface area contributed by atoms with E-state index in [2.05, 4.69) is 15.6 Å². The molecule has 2 heterocycles. The first-order valence-corrected chi connectivity index (χ1v) is 12.1. The van der Waals surface area contributed by atoms with Gasteiger partial charge in [0.15, 0.2) is 0 Å². The van der Waals surface area contributed by atoms with Gasteiger partial charge in [0.25, 0.3) is 0 Å². The van der Waals surface area contributed by atoms with Crippen molar-refractivity contribution in [2.45, 2.75) is 6.54 Å². The molecule has 0 fully saturated rings. The molecule has 0 radical (unpaired) electrons. The van der Waals surface area contributed by atoms with E-state index in [1.165, 1.54) is 0 Å². The van der Waals surface area contributed by atoms with Crippen LogP contribution in [0.3, 0.4) is 0 Å². The zero-order valence-electron chi connectivity index (χ0n) is 16.5. The molecular weight excluding hydrogens is 379 g/mol. The lowest BCUT2D eigenvalue weighted by molar-refractivity contribution is 0.588. The molecular formula is C23H23N4OP. The van der Waals surface area contributed by atoms with Crippen LogP contribution in [0, 0.1) is 0 Å². The van der Waals surface area contributed by atoms with E-state index in [-0.39, 0.29) is 0 Å². The molecule has 0 atom stereocenters. The summed E-state index contributed by atoms with van der Waals surface area (Å²) in [6, 6.07) is 23.7. The summed E-state index contributed by atoms with van der Waals surface area (Å²) < 4.78 is 12.2. The van der Waals surface area contributed by atoms with Gasteiger partial charge in [-0.25, -0.2) is 4.98 Å². The first-order chi connectivity index (χ1) is 14.0. The van der Waals surface area contributed by atoms with Gasteiger partial charge in [-0.2, -0.15) is 0 Å². The monoisotopic (exact) mass is 402 g/mol. The Bertz CT molecular complexity index is 1170. The molecule has 0 amide bonds. The Morgan fingerprint density at radius 3 is 2.41 bits per heavy atom. The SMILES string of the molecule is CP(C)(=O)c1ccc(CNc2cc(Nc3ccccc3)c3ncccc3n2)cc1. The lowest BCUT2D eigenvalue weighted by Crippen LogP contribution is -2.06. The highest BCUT2D eigenvalue weighted by Gasteiger charge is 2.11. The largest absolute Gasteiger partial charge is 0.366 e. The summed E-state index contributed by atoms with van der Waals surface area (Å²) in [5, 5.41) is 7.72. The number of rotatable bonds is 6. The summed E-state index contributed by atoms with van der Waals surface area (Å²) >= 11 is 0. The number of aromatic nitrogens is 2. The smallest absolute Gasteiger partial charge is 0.129 e. The van der Waals surface area contributed by atoms with Crippen molar-refractivity contribution < 1.29 is 4.57 Å². The zero-order valence-corrected chi connectivity index (χ0v) is 17.4. The van der Waals surface area contributed by atoms with Gasteiger partial charge in [0.2, 0.25) is 0 Å². The van der Waals surface area contributed by atoms with E-state index < -0.39 is 7.14 Å². The molecule has 0 aliphatic carbocycles. The van der Waals surface area contributed by atoms with Crippen LogP contribution in [0.2, 0.25) is 0 Å². The lowest BCUT2D eigenvalue weighted by Gasteiger charge is -2.13. The van der Waals surface area contributed by atoms with Crippen molar-refractivity contribution >= 4 is 40.7 Å². The molecule has 0 saturated carbocycles. The van der Waals surface area contributed by atoms with Crippen LogP contribution in [0.5, 0.6) is 0 Å². The fourth-order valence-electron chi connectivity index (χ4n) is 3.09. The molecule has 6 heteroatoms. The number of nitrogens with one attached hydrogen (secondary N) is 2. The van der Waals surface area contributed by atoms with Gasteiger partial charge in [-0.15, -0.1) is 0 Å². The summed E-state index contributed by atoms with van der Waals surface area (Å²) in [6.45, 7) is 4.20. The van der Waals surface area contributed by atoms with Gasteiger partial charge < -0.3 is 15.2 Å². The normalized spacial score (nSPS) is 11.4. The average Bonchev–Trinajstić information content (AvgIpc) is 2.73. The molecule has 0 saturated heterocycles. The van der Waals surface area contributed by atoms with Crippen molar-refractivity contribution in [2.24, 2.45) is 0 Å². The number of nitrogens with zero attached hydrogens (tertiary/aromatic N) is 2. The van der Waals surface area contributed by atoms with Crippen LogP contribution >= 0.6 is 7.14 Å². The molecule has 0 unspecified atom stereocenters. The van der Waals surface area contributed by atoms with Crippen molar-refractivity contribution in [3.63, 3.8) is 0 Å². The van der Waals surface area contributed by atoms with Gasteiger partial charge in [-0.1, -0.05) is 42.5 Å². The third-order valence-electron chi connectivity index (χ3n) is 4.65. The standard InChI is InChI=1S/C23H23N4OP/c1-29(2,28)19-12-10-17(11-13-19)16-25-22-15-21(26-18-7-4-3-5-8-18)23-20(27-22)9-6-14-24-23/h3-15H,16H2,1-2H3,(H2,25,26,27). The number of hydrogen-bond donors (Lipinski definition) is 2. The van der Waals surface area contributed by atoms with Crippen molar-refractivity contribution in [1.29, 1.82) is 0 Å². The Labute approximate surface area is 170 Å². The first kappa shape index (κ1) is 19.2.